The smallest absolute Gasteiger partial charge is 0.138 e. The van der Waals surface area contributed by atoms with Crippen LogP contribution < -0.4 is 0 Å². The van der Waals surface area contributed by atoms with E-state index in [4.69, 9.17) is 0 Å². The molecule has 2 rings (SSSR count). The maximum Gasteiger partial charge on any atom is 0.138 e. The Kier molecular flexibility index (Phi) is 3.15. The molecule has 1 N–H and O–H groups in total. The van der Waals surface area contributed by atoms with Gasteiger partial charge in [-0.3, -0.25) is 9.88 Å². The fourth-order valence-electron chi connectivity index (χ4n) is 2.52. The van der Waals surface area contributed by atoms with Gasteiger partial charge >= 0.3 is 0 Å². The van der Waals surface area contributed by atoms with Crippen LogP contribution in [0.3, 0.4) is 0 Å². The van der Waals surface area contributed by atoms with Crippen molar-refractivity contribution in [3.63, 3.8) is 0 Å². The summed E-state index contributed by atoms with van der Waals surface area (Å²) in [5.74, 6) is 1.07. The first-order chi connectivity index (χ1) is 7.56. The van der Waals surface area contributed by atoms with Gasteiger partial charge in [-0.15, -0.1) is 0 Å². The minimum atomic E-state index is 0.317. The lowest BCUT2D eigenvalue weighted by Gasteiger charge is -2.21. The van der Waals surface area contributed by atoms with Crippen molar-refractivity contribution in [2.75, 3.05) is 6.54 Å². The molecule has 3 heteroatoms. The number of aromatic nitrogens is 1. The van der Waals surface area contributed by atoms with E-state index in [9.17, 15) is 5.11 Å². The van der Waals surface area contributed by atoms with E-state index in [2.05, 4.69) is 23.7 Å². The molecule has 0 spiro atoms. The van der Waals surface area contributed by atoms with Crippen molar-refractivity contribution < 1.29 is 5.11 Å². The van der Waals surface area contributed by atoms with Crippen LogP contribution in [0, 0.1) is 12.8 Å². The lowest BCUT2D eigenvalue weighted by atomic mass is 10.1. The molecule has 88 valence electrons. The third-order valence-corrected chi connectivity index (χ3v) is 3.36. The van der Waals surface area contributed by atoms with Gasteiger partial charge in [0.1, 0.15) is 5.75 Å². The third kappa shape index (κ3) is 2.35. The number of hydrogen-bond donors (Lipinski definition) is 1. The molecule has 0 radical (unpaired) electrons. The summed E-state index contributed by atoms with van der Waals surface area (Å²) < 4.78 is 0. The Morgan fingerprint density at radius 3 is 2.81 bits per heavy atom. The van der Waals surface area contributed by atoms with Gasteiger partial charge in [0.25, 0.3) is 0 Å². The van der Waals surface area contributed by atoms with E-state index in [0.717, 1.165) is 30.4 Å². The van der Waals surface area contributed by atoms with Crippen LogP contribution >= 0.6 is 0 Å². The van der Waals surface area contributed by atoms with Crippen molar-refractivity contribution in [2.45, 2.75) is 39.8 Å². The Morgan fingerprint density at radius 1 is 1.44 bits per heavy atom. The summed E-state index contributed by atoms with van der Waals surface area (Å²) in [5.41, 5.74) is 1.77. The summed E-state index contributed by atoms with van der Waals surface area (Å²) in [7, 11) is 0. The lowest BCUT2D eigenvalue weighted by Crippen LogP contribution is -2.27. The van der Waals surface area contributed by atoms with Gasteiger partial charge in [-0.25, -0.2) is 0 Å². The Morgan fingerprint density at radius 2 is 2.19 bits per heavy atom. The molecule has 1 saturated heterocycles. The van der Waals surface area contributed by atoms with E-state index >= 15 is 0 Å². The maximum absolute atomic E-state index is 9.76. The van der Waals surface area contributed by atoms with Crippen molar-refractivity contribution in [3.05, 3.63) is 23.5 Å². The summed E-state index contributed by atoms with van der Waals surface area (Å²) in [6.07, 6.45) is 1.24. The highest BCUT2D eigenvalue weighted by Crippen LogP contribution is 2.26. The molecule has 2 heterocycles. The molecule has 0 aromatic carbocycles. The molecule has 1 aromatic rings. The fraction of sp³-hybridized carbons (Fsp3) is 0.615. The van der Waals surface area contributed by atoms with Crippen LogP contribution in [0.15, 0.2) is 12.1 Å². The molecule has 1 aromatic heterocycles. The Bertz CT molecular complexity index is 378. The van der Waals surface area contributed by atoms with Crippen molar-refractivity contribution in [1.82, 2.24) is 9.88 Å². The molecule has 1 aliphatic rings. The highest BCUT2D eigenvalue weighted by Gasteiger charge is 2.26. The number of aromatic hydroxyl groups is 1. The van der Waals surface area contributed by atoms with Crippen molar-refractivity contribution in [2.24, 2.45) is 5.92 Å². The van der Waals surface area contributed by atoms with E-state index in [-0.39, 0.29) is 0 Å². The van der Waals surface area contributed by atoms with Gasteiger partial charge < -0.3 is 5.11 Å². The van der Waals surface area contributed by atoms with E-state index in [1.54, 1.807) is 6.07 Å². The first-order valence-electron chi connectivity index (χ1n) is 5.96. The Hall–Kier alpha value is -1.09. The van der Waals surface area contributed by atoms with Crippen LogP contribution in [0.1, 0.15) is 31.7 Å². The van der Waals surface area contributed by atoms with Crippen molar-refractivity contribution in [3.8, 4) is 5.75 Å². The van der Waals surface area contributed by atoms with Crippen LogP contribution in [-0.4, -0.2) is 27.6 Å². The summed E-state index contributed by atoms with van der Waals surface area (Å²) in [6, 6.07) is 4.17. The van der Waals surface area contributed by atoms with Gasteiger partial charge in [-0.2, -0.15) is 0 Å². The molecule has 3 nitrogen and oxygen atoms in total. The quantitative estimate of drug-likeness (QED) is 0.831. The molecule has 0 aliphatic carbocycles. The molecule has 1 aliphatic heterocycles. The standard InChI is InChI=1S/C13H20N2O/c1-9-6-11(3)15(7-9)8-12-13(16)5-4-10(2)14-12/h4-5,9,11,16H,6-8H2,1-3H3. The van der Waals surface area contributed by atoms with Gasteiger partial charge in [0.05, 0.1) is 5.69 Å². The van der Waals surface area contributed by atoms with Crippen molar-refractivity contribution >= 4 is 0 Å². The van der Waals surface area contributed by atoms with Crippen LogP contribution in [0.4, 0.5) is 0 Å². The number of aryl methyl sites for hydroxylation is 1. The van der Waals surface area contributed by atoms with E-state index in [0.29, 0.717) is 11.8 Å². The van der Waals surface area contributed by atoms with Crippen molar-refractivity contribution in [1.29, 1.82) is 0 Å². The minimum absolute atomic E-state index is 0.317. The third-order valence-electron chi connectivity index (χ3n) is 3.36. The summed E-state index contributed by atoms with van der Waals surface area (Å²) in [6.45, 7) is 8.35. The number of rotatable bonds is 2. The topological polar surface area (TPSA) is 36.4 Å². The normalized spacial score (nSPS) is 26.2. The Labute approximate surface area is 97.1 Å². The minimum Gasteiger partial charge on any atom is -0.506 e. The largest absolute Gasteiger partial charge is 0.506 e. The average Bonchev–Trinajstić information content (AvgIpc) is 2.51. The predicted octanol–water partition coefficient (Wildman–Crippen LogP) is 2.33. The average molecular weight is 220 g/mol. The summed E-state index contributed by atoms with van der Waals surface area (Å²) in [5, 5.41) is 9.76. The molecule has 0 amide bonds. The van der Waals surface area contributed by atoms with Gasteiger partial charge in [-0.1, -0.05) is 6.92 Å². The zero-order valence-electron chi connectivity index (χ0n) is 10.3. The Balaban J connectivity index is 2.11. The second kappa shape index (κ2) is 4.42. The molecular formula is C13H20N2O. The molecule has 0 bridgehead atoms. The number of pyridine rings is 1. The SMILES string of the molecule is Cc1ccc(O)c(CN2CC(C)CC2C)n1. The molecule has 16 heavy (non-hydrogen) atoms. The maximum atomic E-state index is 9.76. The van der Waals surface area contributed by atoms with E-state index in [1.165, 1.54) is 6.42 Å². The first-order valence-corrected chi connectivity index (χ1v) is 5.96. The number of hydrogen-bond acceptors (Lipinski definition) is 3. The van der Waals surface area contributed by atoms with Gasteiger partial charge in [0.15, 0.2) is 0 Å². The first kappa shape index (κ1) is 11.4. The zero-order valence-corrected chi connectivity index (χ0v) is 10.3. The van der Waals surface area contributed by atoms with Gasteiger partial charge in [-0.05, 0) is 38.3 Å². The van der Waals surface area contributed by atoms with Crippen LogP contribution in [0.5, 0.6) is 5.75 Å². The molecule has 1 fully saturated rings. The van der Waals surface area contributed by atoms with Crippen LogP contribution in [-0.2, 0) is 6.54 Å². The van der Waals surface area contributed by atoms with Crippen LogP contribution in [0.2, 0.25) is 0 Å². The molecule has 2 atom stereocenters. The molecular weight excluding hydrogens is 200 g/mol. The highest BCUT2D eigenvalue weighted by atomic mass is 16.3. The van der Waals surface area contributed by atoms with Gasteiger partial charge in [0.2, 0.25) is 0 Å². The van der Waals surface area contributed by atoms with Gasteiger partial charge in [0, 0.05) is 24.8 Å². The van der Waals surface area contributed by atoms with E-state index < -0.39 is 0 Å². The highest BCUT2D eigenvalue weighted by molar-refractivity contribution is 5.27. The molecule has 2 unspecified atom stereocenters. The number of nitrogens with zero attached hydrogens (tertiary/aromatic N) is 2. The molecule has 0 saturated carbocycles. The zero-order chi connectivity index (χ0) is 11.7. The van der Waals surface area contributed by atoms with E-state index in [1.807, 2.05) is 13.0 Å². The predicted molar refractivity (Wildman–Crippen MR) is 64.3 cm³/mol. The second-order valence-corrected chi connectivity index (χ2v) is 5.04. The van der Waals surface area contributed by atoms with Crippen LogP contribution in [0.25, 0.3) is 0 Å². The fourth-order valence-corrected chi connectivity index (χ4v) is 2.52. The summed E-state index contributed by atoms with van der Waals surface area (Å²) >= 11 is 0. The summed E-state index contributed by atoms with van der Waals surface area (Å²) in [4.78, 5) is 6.80. The number of likely N-dealkylation sites (tertiary alicyclic amines) is 1. The lowest BCUT2D eigenvalue weighted by molar-refractivity contribution is 0.249. The second-order valence-electron chi connectivity index (χ2n) is 5.04. The monoisotopic (exact) mass is 220 g/mol.